The average molecular weight is 259 g/mol. The van der Waals surface area contributed by atoms with Crippen molar-refractivity contribution >= 4 is 28.7 Å². The zero-order valence-corrected chi connectivity index (χ0v) is 8.23. The number of benzene rings is 1. The van der Waals surface area contributed by atoms with Crippen LogP contribution in [0, 0.1) is 0 Å². The number of nitrogens with two attached hydrogens (primary N) is 1. The maximum Gasteiger partial charge on any atom is 0.0757 e. The molecule has 0 radical (unpaired) electrons. The number of rotatable bonds is 2. The summed E-state index contributed by atoms with van der Waals surface area (Å²) in [5.74, 6) is 0. The summed E-state index contributed by atoms with van der Waals surface area (Å²) >= 11 is 2.16. The van der Waals surface area contributed by atoms with E-state index >= 15 is 0 Å². The van der Waals surface area contributed by atoms with Crippen LogP contribution in [0.1, 0.15) is 5.56 Å². The van der Waals surface area contributed by atoms with Crippen molar-refractivity contribution in [3.8, 4) is 0 Å². The van der Waals surface area contributed by atoms with E-state index in [9.17, 15) is 0 Å². The van der Waals surface area contributed by atoms with E-state index in [1.54, 1.807) is 0 Å². The second-order valence-corrected chi connectivity index (χ2v) is 3.65. The lowest BCUT2D eigenvalue weighted by Gasteiger charge is -1.93. The first-order chi connectivity index (χ1) is 5.29. The second-order valence-electron chi connectivity index (χ2n) is 2.21. The summed E-state index contributed by atoms with van der Waals surface area (Å²) in [6.07, 6.45) is 3.99. The van der Waals surface area contributed by atoms with E-state index in [1.165, 1.54) is 5.56 Å². The zero-order valence-electron chi connectivity index (χ0n) is 6.07. The van der Waals surface area contributed by atoms with Gasteiger partial charge in [-0.3, -0.25) is 0 Å². The fourth-order valence-electron chi connectivity index (χ4n) is 0.767. The molecule has 11 heavy (non-hydrogen) atoms. The molecular formula is C9H10IN. The van der Waals surface area contributed by atoms with Gasteiger partial charge in [0.15, 0.2) is 0 Å². The minimum Gasteiger partial charge on any atom is -0.316 e. The van der Waals surface area contributed by atoms with Crippen molar-refractivity contribution in [3.05, 3.63) is 42.0 Å². The van der Waals surface area contributed by atoms with Crippen LogP contribution >= 0.6 is 22.6 Å². The number of halogens is 1. The fourth-order valence-corrected chi connectivity index (χ4v) is 0.975. The van der Waals surface area contributed by atoms with Crippen molar-refractivity contribution in [1.29, 1.82) is 0 Å². The van der Waals surface area contributed by atoms with Gasteiger partial charge in [-0.1, -0.05) is 65.1 Å². The normalized spacial score (nSPS) is 13.6. The maximum absolute atomic E-state index is 5.54. The van der Waals surface area contributed by atoms with Gasteiger partial charge in [0.1, 0.15) is 0 Å². The molecule has 1 atom stereocenters. The average Bonchev–Trinajstić information content (AvgIpc) is 2.03. The van der Waals surface area contributed by atoms with Crippen LogP contribution in [0.15, 0.2) is 36.4 Å². The van der Waals surface area contributed by atoms with Crippen LogP contribution in [-0.2, 0) is 0 Å². The van der Waals surface area contributed by atoms with Gasteiger partial charge in [0, 0.05) is 0 Å². The van der Waals surface area contributed by atoms with E-state index in [-0.39, 0.29) is 4.05 Å². The molecule has 1 aromatic rings. The van der Waals surface area contributed by atoms with Crippen molar-refractivity contribution in [2.75, 3.05) is 0 Å². The largest absolute Gasteiger partial charge is 0.316 e. The van der Waals surface area contributed by atoms with Crippen molar-refractivity contribution in [1.82, 2.24) is 0 Å². The van der Waals surface area contributed by atoms with Crippen molar-refractivity contribution < 1.29 is 0 Å². The molecule has 0 fully saturated rings. The van der Waals surface area contributed by atoms with Gasteiger partial charge >= 0.3 is 0 Å². The van der Waals surface area contributed by atoms with E-state index in [0.29, 0.717) is 0 Å². The van der Waals surface area contributed by atoms with Gasteiger partial charge in [0.05, 0.1) is 4.05 Å². The molecule has 0 aliphatic rings. The molecule has 1 rings (SSSR count). The molecule has 2 heteroatoms. The van der Waals surface area contributed by atoms with Crippen LogP contribution in [0.4, 0.5) is 0 Å². The SMILES string of the molecule is NC(I)C=Cc1ccccc1. The molecule has 0 heterocycles. The van der Waals surface area contributed by atoms with E-state index < -0.39 is 0 Å². The van der Waals surface area contributed by atoms with Crippen LogP contribution in [0.2, 0.25) is 0 Å². The Morgan fingerprint density at radius 3 is 2.45 bits per heavy atom. The van der Waals surface area contributed by atoms with E-state index in [4.69, 9.17) is 5.73 Å². The fraction of sp³-hybridized carbons (Fsp3) is 0.111. The Kier molecular flexibility index (Phi) is 3.59. The van der Waals surface area contributed by atoms with Crippen LogP contribution in [-0.4, -0.2) is 4.05 Å². The smallest absolute Gasteiger partial charge is 0.0757 e. The molecule has 2 N–H and O–H groups in total. The molecular weight excluding hydrogens is 249 g/mol. The summed E-state index contributed by atoms with van der Waals surface area (Å²) in [6.45, 7) is 0. The topological polar surface area (TPSA) is 26.0 Å². The Morgan fingerprint density at radius 2 is 1.91 bits per heavy atom. The summed E-state index contributed by atoms with van der Waals surface area (Å²) in [5.41, 5.74) is 6.73. The van der Waals surface area contributed by atoms with Gasteiger partial charge in [-0.2, -0.15) is 0 Å². The Balaban J connectivity index is 2.65. The lowest BCUT2D eigenvalue weighted by molar-refractivity contribution is 1.22. The maximum atomic E-state index is 5.54. The third-order valence-corrected chi connectivity index (χ3v) is 1.69. The summed E-state index contributed by atoms with van der Waals surface area (Å²) in [7, 11) is 0. The van der Waals surface area contributed by atoms with Gasteiger partial charge < -0.3 is 5.73 Å². The van der Waals surface area contributed by atoms with Crippen molar-refractivity contribution in [3.63, 3.8) is 0 Å². The molecule has 0 saturated carbocycles. The summed E-state index contributed by atoms with van der Waals surface area (Å²) in [5, 5.41) is 0. The summed E-state index contributed by atoms with van der Waals surface area (Å²) in [6, 6.07) is 10.1. The third-order valence-electron chi connectivity index (χ3n) is 1.27. The molecule has 0 saturated heterocycles. The van der Waals surface area contributed by atoms with Gasteiger partial charge in [0.25, 0.3) is 0 Å². The van der Waals surface area contributed by atoms with Crippen LogP contribution in [0.5, 0.6) is 0 Å². The highest BCUT2D eigenvalue weighted by atomic mass is 127. The summed E-state index contributed by atoms with van der Waals surface area (Å²) in [4.78, 5) is 0. The van der Waals surface area contributed by atoms with E-state index in [1.807, 2.05) is 30.4 Å². The molecule has 58 valence electrons. The Labute approximate surface area is 80.4 Å². The summed E-state index contributed by atoms with van der Waals surface area (Å²) < 4.78 is 0.104. The van der Waals surface area contributed by atoms with Crippen molar-refractivity contribution in [2.45, 2.75) is 4.05 Å². The zero-order chi connectivity index (χ0) is 8.10. The molecule has 1 aromatic carbocycles. The monoisotopic (exact) mass is 259 g/mol. The predicted molar refractivity (Wildman–Crippen MR) is 57.5 cm³/mol. The van der Waals surface area contributed by atoms with Crippen LogP contribution < -0.4 is 5.73 Å². The number of hydrogen-bond acceptors (Lipinski definition) is 1. The van der Waals surface area contributed by atoms with E-state index in [0.717, 1.165) is 0 Å². The molecule has 0 aliphatic heterocycles. The number of alkyl halides is 1. The third kappa shape index (κ3) is 3.53. The molecule has 0 aliphatic carbocycles. The molecule has 0 bridgehead atoms. The molecule has 1 unspecified atom stereocenters. The van der Waals surface area contributed by atoms with Gasteiger partial charge in [0.2, 0.25) is 0 Å². The quantitative estimate of drug-likeness (QED) is 0.492. The molecule has 0 spiro atoms. The van der Waals surface area contributed by atoms with Crippen LogP contribution in [0.25, 0.3) is 6.08 Å². The minimum atomic E-state index is 0.104. The van der Waals surface area contributed by atoms with Gasteiger partial charge in [-0.25, -0.2) is 0 Å². The Bertz CT molecular complexity index is 229. The highest BCUT2D eigenvalue weighted by Crippen LogP contribution is 2.03. The highest BCUT2D eigenvalue weighted by Gasteiger charge is 1.86. The van der Waals surface area contributed by atoms with E-state index in [2.05, 4.69) is 34.7 Å². The molecule has 0 amide bonds. The van der Waals surface area contributed by atoms with Crippen molar-refractivity contribution in [2.24, 2.45) is 5.73 Å². The van der Waals surface area contributed by atoms with Gasteiger partial charge in [-0.15, -0.1) is 0 Å². The van der Waals surface area contributed by atoms with Gasteiger partial charge in [-0.05, 0) is 5.56 Å². The van der Waals surface area contributed by atoms with Crippen LogP contribution in [0.3, 0.4) is 0 Å². The predicted octanol–water partition coefficient (Wildman–Crippen LogP) is 2.42. The first-order valence-corrected chi connectivity index (χ1v) is 4.66. The molecule has 0 aromatic heterocycles. The second kappa shape index (κ2) is 4.51. The lowest BCUT2D eigenvalue weighted by atomic mass is 10.2. The first-order valence-electron chi connectivity index (χ1n) is 3.42. The Morgan fingerprint density at radius 1 is 1.27 bits per heavy atom. The number of hydrogen-bond donors (Lipinski definition) is 1. The minimum absolute atomic E-state index is 0.104. The first kappa shape index (κ1) is 8.74. The standard InChI is InChI=1S/C9H10IN/c10-9(11)7-6-8-4-2-1-3-5-8/h1-7,9H,11H2. The molecule has 1 nitrogen and oxygen atoms in total. The lowest BCUT2D eigenvalue weighted by Crippen LogP contribution is -2.05. The highest BCUT2D eigenvalue weighted by molar-refractivity contribution is 14.1. The Hall–Kier alpha value is -0.350.